The van der Waals surface area contributed by atoms with Gasteiger partial charge in [0.15, 0.2) is 0 Å². The van der Waals surface area contributed by atoms with E-state index in [9.17, 15) is 4.79 Å². The Morgan fingerprint density at radius 1 is 1.43 bits per heavy atom. The number of hydrogen-bond acceptors (Lipinski definition) is 2. The van der Waals surface area contributed by atoms with Crippen LogP contribution in [-0.2, 0) is 12.8 Å². The van der Waals surface area contributed by atoms with E-state index in [0.29, 0.717) is 18.0 Å². The van der Waals surface area contributed by atoms with Gasteiger partial charge in [0.25, 0.3) is 5.56 Å². The largest absolute Gasteiger partial charge is 0.323 e. The van der Waals surface area contributed by atoms with E-state index < -0.39 is 0 Å². The zero-order chi connectivity index (χ0) is 10.7. The van der Waals surface area contributed by atoms with E-state index in [2.05, 4.69) is 23.8 Å². The third-order valence-electron chi connectivity index (χ3n) is 2.21. The number of aromatic amines is 1. The van der Waals surface area contributed by atoms with Crippen molar-refractivity contribution in [3.8, 4) is 0 Å². The van der Waals surface area contributed by atoms with Gasteiger partial charge in [0.1, 0.15) is 5.69 Å². The molecule has 1 N–H and O–H groups in total. The normalized spacial score (nSPS) is 10.9. The Hall–Kier alpha value is -1.12. The number of hydrogen-bond donors (Lipinski definition) is 1. The van der Waals surface area contributed by atoms with Crippen molar-refractivity contribution in [2.45, 2.75) is 40.5 Å². The number of rotatable bonds is 3. The molecule has 0 aliphatic rings. The maximum Gasteiger partial charge on any atom is 0.269 e. The molecule has 0 amide bonds. The van der Waals surface area contributed by atoms with Gasteiger partial charge in [-0.05, 0) is 25.7 Å². The van der Waals surface area contributed by atoms with Crippen LogP contribution in [0.1, 0.15) is 37.9 Å². The van der Waals surface area contributed by atoms with Crippen LogP contribution in [0.5, 0.6) is 0 Å². The number of H-pyrrole nitrogens is 1. The smallest absolute Gasteiger partial charge is 0.269 e. The second-order valence-electron chi connectivity index (χ2n) is 4.03. The first-order valence-corrected chi connectivity index (χ1v) is 5.13. The molecule has 1 aromatic rings. The zero-order valence-corrected chi connectivity index (χ0v) is 9.35. The summed E-state index contributed by atoms with van der Waals surface area (Å²) >= 11 is 0. The second-order valence-corrected chi connectivity index (χ2v) is 4.03. The van der Waals surface area contributed by atoms with Gasteiger partial charge in [-0.15, -0.1) is 0 Å². The van der Waals surface area contributed by atoms with Crippen molar-refractivity contribution in [2.24, 2.45) is 5.92 Å². The van der Waals surface area contributed by atoms with Crippen LogP contribution in [-0.4, -0.2) is 9.97 Å². The van der Waals surface area contributed by atoms with E-state index in [1.807, 2.05) is 13.8 Å². The molecule has 0 saturated heterocycles. The predicted octanol–water partition coefficient (Wildman–Crippen LogP) is 1.84. The van der Waals surface area contributed by atoms with Gasteiger partial charge >= 0.3 is 0 Å². The summed E-state index contributed by atoms with van der Waals surface area (Å²) < 4.78 is 0. The lowest BCUT2D eigenvalue weighted by Crippen LogP contribution is -2.19. The van der Waals surface area contributed by atoms with E-state index >= 15 is 0 Å². The highest BCUT2D eigenvalue weighted by Gasteiger charge is 2.07. The molecular formula is C11H18N2O. The Morgan fingerprint density at radius 2 is 2.07 bits per heavy atom. The molecule has 0 saturated carbocycles. The first kappa shape index (κ1) is 11.0. The van der Waals surface area contributed by atoms with Gasteiger partial charge in [0.2, 0.25) is 0 Å². The Morgan fingerprint density at radius 3 is 2.57 bits per heavy atom. The van der Waals surface area contributed by atoms with Gasteiger partial charge in [-0.25, -0.2) is 0 Å². The average Bonchev–Trinajstić information content (AvgIpc) is 2.10. The summed E-state index contributed by atoms with van der Waals surface area (Å²) in [5.41, 5.74) is 2.53. The van der Waals surface area contributed by atoms with Crippen LogP contribution in [0.3, 0.4) is 0 Å². The molecule has 0 aliphatic heterocycles. The van der Waals surface area contributed by atoms with Crippen molar-refractivity contribution < 1.29 is 0 Å². The molecule has 0 atom stereocenters. The monoisotopic (exact) mass is 194 g/mol. The standard InChI is InChI=1S/C11H18N2O/c1-5-9-11(14)13-10(6-7(2)3)8(4)12-9/h7H,5-6H2,1-4H3,(H,13,14). The molecule has 14 heavy (non-hydrogen) atoms. The van der Waals surface area contributed by atoms with Gasteiger partial charge in [-0.1, -0.05) is 20.8 Å². The number of aromatic nitrogens is 2. The van der Waals surface area contributed by atoms with Crippen molar-refractivity contribution in [1.29, 1.82) is 0 Å². The maximum absolute atomic E-state index is 11.5. The highest BCUT2D eigenvalue weighted by atomic mass is 16.1. The lowest BCUT2D eigenvalue weighted by atomic mass is 10.1. The number of nitrogens with zero attached hydrogens (tertiary/aromatic N) is 1. The summed E-state index contributed by atoms with van der Waals surface area (Å²) in [6.07, 6.45) is 1.58. The van der Waals surface area contributed by atoms with Crippen molar-refractivity contribution in [2.75, 3.05) is 0 Å². The van der Waals surface area contributed by atoms with Crippen LogP contribution < -0.4 is 5.56 Å². The minimum atomic E-state index is -0.0336. The van der Waals surface area contributed by atoms with Crippen LogP contribution in [0.25, 0.3) is 0 Å². The van der Waals surface area contributed by atoms with E-state index in [1.54, 1.807) is 0 Å². The minimum absolute atomic E-state index is 0.0336. The minimum Gasteiger partial charge on any atom is -0.323 e. The van der Waals surface area contributed by atoms with E-state index in [0.717, 1.165) is 17.8 Å². The molecule has 0 spiro atoms. The van der Waals surface area contributed by atoms with E-state index in [1.165, 1.54) is 0 Å². The van der Waals surface area contributed by atoms with Gasteiger partial charge in [-0.3, -0.25) is 9.78 Å². The van der Waals surface area contributed by atoms with Gasteiger partial charge in [-0.2, -0.15) is 0 Å². The molecule has 78 valence electrons. The molecule has 3 heteroatoms. The number of aryl methyl sites for hydroxylation is 2. The quantitative estimate of drug-likeness (QED) is 0.798. The summed E-state index contributed by atoms with van der Waals surface area (Å²) in [5, 5.41) is 0. The predicted molar refractivity (Wildman–Crippen MR) is 57.5 cm³/mol. The summed E-state index contributed by atoms with van der Waals surface area (Å²) in [7, 11) is 0. The molecule has 0 aromatic carbocycles. The summed E-state index contributed by atoms with van der Waals surface area (Å²) in [6.45, 7) is 8.16. The first-order chi connectivity index (χ1) is 6.54. The fourth-order valence-electron chi connectivity index (χ4n) is 1.47. The van der Waals surface area contributed by atoms with Crippen LogP contribution in [0.2, 0.25) is 0 Å². The van der Waals surface area contributed by atoms with Crippen molar-refractivity contribution >= 4 is 0 Å². The molecule has 0 unspecified atom stereocenters. The topological polar surface area (TPSA) is 45.8 Å². The molecule has 0 bridgehead atoms. The molecule has 1 aromatic heterocycles. The van der Waals surface area contributed by atoms with Crippen molar-refractivity contribution in [1.82, 2.24) is 9.97 Å². The van der Waals surface area contributed by atoms with Gasteiger partial charge in [0.05, 0.1) is 5.69 Å². The Bertz CT molecular complexity index is 366. The molecule has 0 radical (unpaired) electrons. The molecule has 3 nitrogen and oxygen atoms in total. The fourth-order valence-corrected chi connectivity index (χ4v) is 1.47. The molecule has 1 rings (SSSR count). The second kappa shape index (κ2) is 4.40. The highest BCUT2D eigenvalue weighted by molar-refractivity contribution is 5.13. The SMILES string of the molecule is CCc1nc(C)c(CC(C)C)[nH]c1=O. The number of nitrogens with one attached hydrogen (secondary N) is 1. The average molecular weight is 194 g/mol. The maximum atomic E-state index is 11.5. The van der Waals surface area contributed by atoms with Gasteiger partial charge < -0.3 is 4.98 Å². The summed E-state index contributed by atoms with van der Waals surface area (Å²) in [6, 6.07) is 0. The molecule has 0 fully saturated rings. The van der Waals surface area contributed by atoms with E-state index in [4.69, 9.17) is 0 Å². The summed E-state index contributed by atoms with van der Waals surface area (Å²) in [5.74, 6) is 0.540. The van der Waals surface area contributed by atoms with Crippen molar-refractivity contribution in [3.63, 3.8) is 0 Å². The Labute approximate surface area is 84.6 Å². The van der Waals surface area contributed by atoms with Crippen LogP contribution in [0, 0.1) is 12.8 Å². The lowest BCUT2D eigenvalue weighted by Gasteiger charge is -2.08. The summed E-state index contributed by atoms with van der Waals surface area (Å²) in [4.78, 5) is 18.7. The lowest BCUT2D eigenvalue weighted by molar-refractivity contribution is 0.625. The first-order valence-electron chi connectivity index (χ1n) is 5.13. The molecule has 1 heterocycles. The zero-order valence-electron chi connectivity index (χ0n) is 9.35. The van der Waals surface area contributed by atoms with Gasteiger partial charge in [0, 0.05) is 5.69 Å². The van der Waals surface area contributed by atoms with E-state index in [-0.39, 0.29) is 5.56 Å². The third-order valence-corrected chi connectivity index (χ3v) is 2.21. The highest BCUT2D eigenvalue weighted by Crippen LogP contribution is 2.07. The van der Waals surface area contributed by atoms with Crippen LogP contribution >= 0.6 is 0 Å². The third kappa shape index (κ3) is 2.44. The van der Waals surface area contributed by atoms with Crippen molar-refractivity contribution in [3.05, 3.63) is 27.4 Å². The fraction of sp³-hybridized carbons (Fsp3) is 0.636. The van der Waals surface area contributed by atoms with Crippen LogP contribution in [0.15, 0.2) is 4.79 Å². The molecule has 0 aliphatic carbocycles. The Balaban J connectivity index is 3.09. The Kier molecular flexibility index (Phi) is 3.44. The molecular weight excluding hydrogens is 176 g/mol. The van der Waals surface area contributed by atoms with Crippen LogP contribution in [0.4, 0.5) is 0 Å².